The van der Waals surface area contributed by atoms with Crippen LogP contribution in [-0.2, 0) is 19.6 Å². The molecule has 1 aliphatic heterocycles. The number of nitrogens with zero attached hydrogens (tertiary/aromatic N) is 1. The van der Waals surface area contributed by atoms with Crippen molar-refractivity contribution in [2.24, 2.45) is 0 Å². The van der Waals surface area contributed by atoms with E-state index in [0.717, 1.165) is 12.1 Å². The number of sulfonamides is 1. The van der Waals surface area contributed by atoms with Crippen LogP contribution in [0.15, 0.2) is 41.3 Å². The van der Waals surface area contributed by atoms with Crippen molar-refractivity contribution < 1.29 is 31.1 Å². The number of nitrogens with one attached hydrogen (secondary N) is 2. The summed E-state index contributed by atoms with van der Waals surface area (Å²) in [5, 5.41) is 4.89. The summed E-state index contributed by atoms with van der Waals surface area (Å²) in [5.74, 6) is -4.97. The van der Waals surface area contributed by atoms with Crippen LogP contribution in [-0.4, -0.2) is 50.5 Å². The quantitative estimate of drug-likeness (QED) is 0.652. The van der Waals surface area contributed by atoms with E-state index >= 15 is 0 Å². The predicted octanol–water partition coefficient (Wildman–Crippen LogP) is 2.95. The first-order valence-electron chi connectivity index (χ1n) is 9.51. The van der Waals surface area contributed by atoms with Crippen LogP contribution >= 0.6 is 0 Å². The maximum Gasteiger partial charge on any atom is 0.243 e. The normalized spacial score (nSPS) is 19.8. The molecule has 7 nitrogen and oxygen atoms in total. The third-order valence-corrected chi connectivity index (χ3v) is 6.48. The lowest BCUT2D eigenvalue weighted by molar-refractivity contribution is -0.114. The van der Waals surface area contributed by atoms with Gasteiger partial charge in [0.25, 0.3) is 0 Å². The van der Waals surface area contributed by atoms with Crippen LogP contribution in [0.2, 0.25) is 0 Å². The molecule has 0 radical (unpaired) electrons. The molecule has 0 spiro atoms. The largest absolute Gasteiger partial charge is 0.374 e. The Labute approximate surface area is 178 Å². The van der Waals surface area contributed by atoms with Crippen LogP contribution in [0.3, 0.4) is 0 Å². The summed E-state index contributed by atoms with van der Waals surface area (Å²) < 4.78 is 72.4. The summed E-state index contributed by atoms with van der Waals surface area (Å²) in [6.07, 6.45) is -0.437. The molecule has 168 valence electrons. The summed E-state index contributed by atoms with van der Waals surface area (Å²) in [7, 11) is -3.71. The highest BCUT2D eigenvalue weighted by Crippen LogP contribution is 2.23. The van der Waals surface area contributed by atoms with Gasteiger partial charge in [-0.15, -0.1) is 0 Å². The summed E-state index contributed by atoms with van der Waals surface area (Å²) >= 11 is 0. The molecule has 2 atom stereocenters. The fraction of sp³-hybridized carbons (Fsp3) is 0.350. The number of amides is 1. The minimum atomic E-state index is -3.71. The average molecular weight is 457 g/mol. The zero-order valence-corrected chi connectivity index (χ0v) is 17.7. The highest BCUT2D eigenvalue weighted by atomic mass is 32.2. The van der Waals surface area contributed by atoms with Gasteiger partial charge in [-0.1, -0.05) is 0 Å². The van der Waals surface area contributed by atoms with E-state index in [1.807, 2.05) is 0 Å². The number of morpholine rings is 1. The maximum absolute atomic E-state index is 13.6. The number of carbonyl (C=O) groups is 1. The van der Waals surface area contributed by atoms with E-state index in [4.69, 9.17) is 4.74 Å². The molecule has 0 saturated carbocycles. The first-order chi connectivity index (χ1) is 14.6. The van der Waals surface area contributed by atoms with E-state index in [1.54, 1.807) is 13.8 Å². The van der Waals surface area contributed by atoms with Crippen molar-refractivity contribution in [1.29, 1.82) is 0 Å². The molecule has 1 aliphatic rings. The first-order valence-corrected chi connectivity index (χ1v) is 10.9. The molecule has 0 aromatic heterocycles. The van der Waals surface area contributed by atoms with Gasteiger partial charge < -0.3 is 15.4 Å². The molecule has 3 rings (SSSR count). The summed E-state index contributed by atoms with van der Waals surface area (Å²) in [5.41, 5.74) is -0.0373. The van der Waals surface area contributed by atoms with Gasteiger partial charge in [-0.05, 0) is 50.2 Å². The van der Waals surface area contributed by atoms with Crippen LogP contribution in [0.5, 0.6) is 0 Å². The summed E-state index contributed by atoms with van der Waals surface area (Å²) in [4.78, 5) is 12.1. The molecule has 2 unspecified atom stereocenters. The Kier molecular flexibility index (Phi) is 6.87. The highest BCUT2D eigenvalue weighted by molar-refractivity contribution is 7.89. The smallest absolute Gasteiger partial charge is 0.243 e. The van der Waals surface area contributed by atoms with Crippen molar-refractivity contribution in [2.75, 3.05) is 30.3 Å². The lowest BCUT2D eigenvalue weighted by atomic mass is 10.2. The van der Waals surface area contributed by atoms with Crippen LogP contribution in [0.1, 0.15) is 13.8 Å². The standard InChI is InChI=1S/C20H22F3N3O4S/c1-12-10-26(11-13(2)30-12)31(28,29)15-5-3-14(4-6-15)25-18(27)9-24-17-8-7-16(21)19(22)20(17)23/h3-8,12-13,24H,9-11H2,1-2H3,(H,25,27). The minimum absolute atomic E-state index is 0.0776. The molecule has 2 aromatic carbocycles. The molecule has 1 saturated heterocycles. The summed E-state index contributed by atoms with van der Waals surface area (Å²) in [6.45, 7) is 3.69. The van der Waals surface area contributed by atoms with E-state index in [-0.39, 0.29) is 35.9 Å². The van der Waals surface area contributed by atoms with Gasteiger partial charge in [-0.25, -0.2) is 21.6 Å². The van der Waals surface area contributed by atoms with Gasteiger partial charge in [0.15, 0.2) is 17.5 Å². The Morgan fingerprint density at radius 2 is 1.65 bits per heavy atom. The van der Waals surface area contributed by atoms with E-state index in [9.17, 15) is 26.4 Å². The van der Waals surface area contributed by atoms with E-state index in [2.05, 4.69) is 10.6 Å². The zero-order chi connectivity index (χ0) is 22.8. The lowest BCUT2D eigenvalue weighted by Crippen LogP contribution is -2.48. The summed E-state index contributed by atoms with van der Waals surface area (Å²) in [6, 6.07) is 7.32. The molecule has 1 fully saturated rings. The SMILES string of the molecule is CC1CN(S(=O)(=O)c2ccc(NC(=O)CNc3ccc(F)c(F)c3F)cc2)CC(C)O1. The second-order valence-corrected chi connectivity index (χ2v) is 9.17. The minimum Gasteiger partial charge on any atom is -0.374 e. The number of rotatable bonds is 6. The number of carbonyl (C=O) groups excluding carboxylic acids is 1. The second kappa shape index (κ2) is 9.25. The van der Waals surface area contributed by atoms with Crippen molar-refractivity contribution in [3.8, 4) is 0 Å². The topological polar surface area (TPSA) is 87.7 Å². The number of hydrogen-bond donors (Lipinski definition) is 2. The van der Waals surface area contributed by atoms with Crippen LogP contribution in [0.4, 0.5) is 24.5 Å². The predicted molar refractivity (Wildman–Crippen MR) is 109 cm³/mol. The van der Waals surface area contributed by atoms with Gasteiger partial charge >= 0.3 is 0 Å². The van der Waals surface area contributed by atoms with Crippen LogP contribution < -0.4 is 10.6 Å². The number of hydrogen-bond acceptors (Lipinski definition) is 5. The molecule has 2 aromatic rings. The van der Waals surface area contributed by atoms with Crippen molar-refractivity contribution >= 4 is 27.3 Å². The van der Waals surface area contributed by atoms with Crippen LogP contribution in [0, 0.1) is 17.5 Å². The van der Waals surface area contributed by atoms with Crippen molar-refractivity contribution in [3.05, 3.63) is 53.8 Å². The van der Waals surface area contributed by atoms with Crippen molar-refractivity contribution in [3.63, 3.8) is 0 Å². The lowest BCUT2D eigenvalue weighted by Gasteiger charge is -2.34. The van der Waals surface area contributed by atoms with Crippen LogP contribution in [0.25, 0.3) is 0 Å². The van der Waals surface area contributed by atoms with Gasteiger partial charge in [-0.2, -0.15) is 4.31 Å². The molecule has 2 N–H and O–H groups in total. The molecule has 31 heavy (non-hydrogen) atoms. The van der Waals surface area contributed by atoms with Gasteiger partial charge in [0, 0.05) is 18.8 Å². The molecule has 1 amide bonds. The molecule has 0 bridgehead atoms. The Balaban J connectivity index is 1.61. The van der Waals surface area contributed by atoms with Gasteiger partial charge in [-0.3, -0.25) is 4.79 Å². The molecule has 0 aliphatic carbocycles. The van der Waals surface area contributed by atoms with Crippen molar-refractivity contribution in [1.82, 2.24) is 4.31 Å². The third-order valence-electron chi connectivity index (χ3n) is 4.64. The molecule has 11 heteroatoms. The van der Waals surface area contributed by atoms with Gasteiger partial charge in [0.2, 0.25) is 15.9 Å². The van der Waals surface area contributed by atoms with E-state index in [0.29, 0.717) is 5.69 Å². The number of halogens is 3. The highest BCUT2D eigenvalue weighted by Gasteiger charge is 2.32. The van der Waals surface area contributed by atoms with Gasteiger partial charge in [0.1, 0.15) is 0 Å². The Hall–Kier alpha value is -2.63. The Morgan fingerprint density at radius 3 is 2.26 bits per heavy atom. The Bertz CT molecular complexity index is 1050. The average Bonchev–Trinajstić information content (AvgIpc) is 2.71. The first kappa shape index (κ1) is 23.0. The number of anilines is 2. The fourth-order valence-electron chi connectivity index (χ4n) is 3.23. The maximum atomic E-state index is 13.6. The van der Waals surface area contributed by atoms with Crippen molar-refractivity contribution in [2.45, 2.75) is 31.0 Å². The molecule has 1 heterocycles. The molecular formula is C20H22F3N3O4S. The van der Waals surface area contributed by atoms with E-state index < -0.39 is 39.9 Å². The van der Waals surface area contributed by atoms with E-state index in [1.165, 1.54) is 28.6 Å². The number of ether oxygens (including phenoxy) is 1. The fourth-order valence-corrected chi connectivity index (χ4v) is 4.82. The second-order valence-electron chi connectivity index (χ2n) is 7.23. The number of benzene rings is 2. The third kappa shape index (κ3) is 5.35. The monoisotopic (exact) mass is 457 g/mol. The molecular weight excluding hydrogens is 435 g/mol. The Morgan fingerprint density at radius 1 is 1.03 bits per heavy atom. The van der Waals surface area contributed by atoms with Gasteiger partial charge in [0.05, 0.1) is 29.3 Å². The zero-order valence-electron chi connectivity index (χ0n) is 16.9.